The smallest absolute Gasteiger partial charge is 0.335 e. The highest BCUT2D eigenvalue weighted by Crippen LogP contribution is 2.15. The highest BCUT2D eigenvalue weighted by molar-refractivity contribution is 6.06. The van der Waals surface area contributed by atoms with Gasteiger partial charge in [-0.3, -0.25) is 4.79 Å². The van der Waals surface area contributed by atoms with Gasteiger partial charge in [0.1, 0.15) is 11.6 Å². The van der Waals surface area contributed by atoms with Gasteiger partial charge in [-0.05, 0) is 48.7 Å². The number of benzene rings is 2. The molecule has 138 valence electrons. The van der Waals surface area contributed by atoms with Crippen LogP contribution < -0.4 is 10.6 Å². The molecule has 1 amide bonds. The number of carbonyl (C=O) groups excluding carboxylic acids is 1. The van der Waals surface area contributed by atoms with Crippen LogP contribution in [0.5, 0.6) is 0 Å². The van der Waals surface area contributed by atoms with Crippen molar-refractivity contribution < 1.29 is 14.7 Å². The zero-order valence-corrected chi connectivity index (χ0v) is 15.2. The van der Waals surface area contributed by atoms with Crippen LogP contribution in [-0.2, 0) is 11.2 Å². The standard InChI is InChI=1S/C21H21N3O3/c1-3-15-4-6-16(7-5-15)14(2)23-13-18(12-22)20(25)24-19-10-8-17(9-11-19)21(26)27/h4-11,13-14,23H,3H2,1-2H3,(H,24,25)(H,26,27)/b18-13-. The Bertz CT molecular complexity index is 878. The second-order valence-corrected chi connectivity index (χ2v) is 5.99. The van der Waals surface area contributed by atoms with Gasteiger partial charge in [0, 0.05) is 17.9 Å². The second kappa shape index (κ2) is 9.20. The molecule has 0 saturated heterocycles. The van der Waals surface area contributed by atoms with Crippen molar-refractivity contribution in [3.63, 3.8) is 0 Å². The summed E-state index contributed by atoms with van der Waals surface area (Å²) in [5.74, 6) is -1.61. The predicted octanol–water partition coefficient (Wildman–Crippen LogP) is 3.64. The molecule has 0 spiro atoms. The summed E-state index contributed by atoms with van der Waals surface area (Å²) in [6, 6.07) is 15.6. The number of nitriles is 1. The molecule has 3 N–H and O–H groups in total. The van der Waals surface area contributed by atoms with Gasteiger partial charge >= 0.3 is 5.97 Å². The number of amides is 1. The first-order valence-corrected chi connectivity index (χ1v) is 8.54. The Labute approximate surface area is 158 Å². The van der Waals surface area contributed by atoms with E-state index in [1.54, 1.807) is 0 Å². The minimum absolute atomic E-state index is 0.0677. The molecule has 0 saturated carbocycles. The molecule has 6 heteroatoms. The van der Waals surface area contributed by atoms with Crippen molar-refractivity contribution in [2.75, 3.05) is 5.32 Å². The van der Waals surface area contributed by atoms with Gasteiger partial charge < -0.3 is 15.7 Å². The minimum Gasteiger partial charge on any atom is -0.478 e. The van der Waals surface area contributed by atoms with Gasteiger partial charge in [0.15, 0.2) is 0 Å². The van der Waals surface area contributed by atoms with Crippen molar-refractivity contribution in [1.82, 2.24) is 5.32 Å². The molecule has 0 bridgehead atoms. The fourth-order valence-electron chi connectivity index (χ4n) is 2.39. The summed E-state index contributed by atoms with van der Waals surface area (Å²) >= 11 is 0. The van der Waals surface area contributed by atoms with E-state index < -0.39 is 11.9 Å². The highest BCUT2D eigenvalue weighted by atomic mass is 16.4. The van der Waals surface area contributed by atoms with Gasteiger partial charge in [-0.1, -0.05) is 31.2 Å². The van der Waals surface area contributed by atoms with E-state index in [2.05, 4.69) is 29.7 Å². The summed E-state index contributed by atoms with van der Waals surface area (Å²) in [5, 5.41) is 23.8. The Morgan fingerprint density at radius 3 is 2.30 bits per heavy atom. The monoisotopic (exact) mass is 363 g/mol. The number of hydrogen-bond acceptors (Lipinski definition) is 4. The number of nitrogens with one attached hydrogen (secondary N) is 2. The Kier molecular flexibility index (Phi) is 6.73. The van der Waals surface area contributed by atoms with Crippen molar-refractivity contribution in [3.8, 4) is 6.07 Å². The van der Waals surface area contributed by atoms with Crippen LogP contribution in [0.4, 0.5) is 5.69 Å². The van der Waals surface area contributed by atoms with E-state index in [0.29, 0.717) is 5.69 Å². The third kappa shape index (κ3) is 5.44. The third-order valence-electron chi connectivity index (χ3n) is 4.12. The van der Waals surface area contributed by atoms with Crippen LogP contribution in [0.3, 0.4) is 0 Å². The van der Waals surface area contributed by atoms with E-state index in [9.17, 15) is 14.9 Å². The molecule has 0 aliphatic carbocycles. The first-order valence-electron chi connectivity index (χ1n) is 8.54. The zero-order valence-electron chi connectivity index (χ0n) is 15.2. The molecular formula is C21H21N3O3. The number of nitrogens with zero attached hydrogens (tertiary/aromatic N) is 1. The van der Waals surface area contributed by atoms with Crippen LogP contribution in [0.15, 0.2) is 60.3 Å². The average molecular weight is 363 g/mol. The molecule has 0 aromatic heterocycles. The molecule has 2 aromatic carbocycles. The number of anilines is 1. The Morgan fingerprint density at radius 2 is 1.78 bits per heavy atom. The van der Waals surface area contributed by atoms with E-state index in [4.69, 9.17) is 5.11 Å². The third-order valence-corrected chi connectivity index (χ3v) is 4.12. The predicted molar refractivity (Wildman–Crippen MR) is 103 cm³/mol. The van der Waals surface area contributed by atoms with Crippen LogP contribution >= 0.6 is 0 Å². The Balaban J connectivity index is 2.02. The van der Waals surface area contributed by atoms with E-state index in [0.717, 1.165) is 12.0 Å². The highest BCUT2D eigenvalue weighted by Gasteiger charge is 2.11. The van der Waals surface area contributed by atoms with Crippen molar-refractivity contribution in [1.29, 1.82) is 5.26 Å². The SMILES string of the molecule is CCc1ccc(C(C)N/C=C(/C#N)C(=O)Nc2ccc(C(=O)O)cc2)cc1. The molecule has 0 heterocycles. The Morgan fingerprint density at radius 1 is 1.15 bits per heavy atom. The molecule has 0 aliphatic heterocycles. The molecule has 0 fully saturated rings. The molecule has 1 atom stereocenters. The van der Waals surface area contributed by atoms with Gasteiger partial charge in [-0.25, -0.2) is 4.79 Å². The van der Waals surface area contributed by atoms with Crippen molar-refractivity contribution in [3.05, 3.63) is 77.0 Å². The second-order valence-electron chi connectivity index (χ2n) is 5.99. The maximum absolute atomic E-state index is 12.2. The molecule has 2 rings (SSSR count). The number of carboxylic acids is 1. The number of rotatable bonds is 7. The average Bonchev–Trinajstić information content (AvgIpc) is 2.68. The van der Waals surface area contributed by atoms with Crippen LogP contribution in [0.1, 0.15) is 41.4 Å². The molecule has 2 aromatic rings. The number of hydrogen-bond donors (Lipinski definition) is 3. The van der Waals surface area contributed by atoms with Crippen molar-refractivity contribution in [2.45, 2.75) is 26.3 Å². The van der Waals surface area contributed by atoms with E-state index in [1.165, 1.54) is 36.0 Å². The van der Waals surface area contributed by atoms with E-state index in [1.807, 2.05) is 25.1 Å². The first-order chi connectivity index (χ1) is 12.9. The van der Waals surface area contributed by atoms with Crippen LogP contribution in [0, 0.1) is 11.3 Å². The largest absolute Gasteiger partial charge is 0.478 e. The van der Waals surface area contributed by atoms with E-state index >= 15 is 0 Å². The van der Waals surface area contributed by atoms with Crippen LogP contribution in [0.2, 0.25) is 0 Å². The maximum atomic E-state index is 12.2. The summed E-state index contributed by atoms with van der Waals surface area (Å²) in [5.41, 5.74) is 2.75. The lowest BCUT2D eigenvalue weighted by atomic mass is 10.1. The van der Waals surface area contributed by atoms with Crippen LogP contribution in [-0.4, -0.2) is 17.0 Å². The summed E-state index contributed by atoms with van der Waals surface area (Å²) < 4.78 is 0. The number of aromatic carboxylic acids is 1. The molecular weight excluding hydrogens is 342 g/mol. The fourth-order valence-corrected chi connectivity index (χ4v) is 2.39. The van der Waals surface area contributed by atoms with Crippen molar-refractivity contribution in [2.24, 2.45) is 0 Å². The van der Waals surface area contributed by atoms with E-state index in [-0.39, 0.29) is 17.2 Å². The first kappa shape index (κ1) is 19.7. The van der Waals surface area contributed by atoms with Crippen LogP contribution in [0.25, 0.3) is 0 Å². The summed E-state index contributed by atoms with van der Waals surface area (Å²) in [6.07, 6.45) is 2.35. The minimum atomic E-state index is -1.05. The maximum Gasteiger partial charge on any atom is 0.335 e. The number of carboxylic acid groups (broad SMARTS) is 1. The summed E-state index contributed by atoms with van der Waals surface area (Å²) in [4.78, 5) is 23.1. The van der Waals surface area contributed by atoms with Gasteiger partial charge in [0.25, 0.3) is 5.91 Å². The van der Waals surface area contributed by atoms with Gasteiger partial charge in [-0.2, -0.15) is 5.26 Å². The lowest BCUT2D eigenvalue weighted by Gasteiger charge is -2.13. The van der Waals surface area contributed by atoms with Gasteiger partial charge in [0.2, 0.25) is 0 Å². The quantitative estimate of drug-likeness (QED) is 0.515. The Hall–Kier alpha value is -3.59. The molecule has 1 unspecified atom stereocenters. The molecule has 6 nitrogen and oxygen atoms in total. The molecule has 0 radical (unpaired) electrons. The zero-order chi connectivity index (χ0) is 19.8. The topological polar surface area (TPSA) is 102 Å². The molecule has 0 aliphatic rings. The summed E-state index contributed by atoms with van der Waals surface area (Å²) in [7, 11) is 0. The lowest BCUT2D eigenvalue weighted by molar-refractivity contribution is -0.112. The number of carbonyl (C=O) groups is 2. The van der Waals surface area contributed by atoms with Gasteiger partial charge in [-0.15, -0.1) is 0 Å². The number of aryl methyl sites for hydroxylation is 1. The normalized spacial score (nSPS) is 12.0. The molecule has 27 heavy (non-hydrogen) atoms. The van der Waals surface area contributed by atoms with Gasteiger partial charge in [0.05, 0.1) is 5.56 Å². The fraction of sp³-hybridized carbons (Fsp3) is 0.190. The van der Waals surface area contributed by atoms with Crippen molar-refractivity contribution >= 4 is 17.6 Å². The summed E-state index contributed by atoms with van der Waals surface area (Å²) in [6.45, 7) is 4.03. The lowest BCUT2D eigenvalue weighted by Crippen LogP contribution is -2.18.